The van der Waals surface area contributed by atoms with Crippen LogP contribution in [0.3, 0.4) is 0 Å². The first-order valence-electron chi connectivity index (χ1n) is 17.2. The molecular weight excluding hydrogens is 665 g/mol. The number of aromatic nitrogens is 7. The second-order valence-electron chi connectivity index (χ2n) is 12.8. The number of amides is 1. The number of nitrogens with one attached hydrogen (secondary N) is 1. The molecule has 1 aliphatic carbocycles. The lowest BCUT2D eigenvalue weighted by molar-refractivity contribution is 0.0946. The topological polar surface area (TPSA) is 184 Å². The zero-order valence-corrected chi connectivity index (χ0v) is 30.1. The molecule has 0 aliphatic heterocycles. The van der Waals surface area contributed by atoms with Crippen LogP contribution in [0.1, 0.15) is 50.9 Å². The molecule has 0 bridgehead atoms. The maximum absolute atomic E-state index is 12.6. The van der Waals surface area contributed by atoms with Gasteiger partial charge in [0, 0.05) is 35.2 Å². The first-order chi connectivity index (χ1) is 25.6. The summed E-state index contributed by atoms with van der Waals surface area (Å²) in [5, 5.41) is 19.3. The predicted octanol–water partition coefficient (Wildman–Crippen LogP) is 6.39. The van der Waals surface area contributed by atoms with Crippen molar-refractivity contribution in [3.05, 3.63) is 143 Å². The molecule has 0 radical (unpaired) electrons. The third kappa shape index (κ3) is 8.51. The predicted molar refractivity (Wildman–Crippen MR) is 209 cm³/mol. The van der Waals surface area contributed by atoms with Gasteiger partial charge in [-0.05, 0) is 56.5 Å². The number of anilines is 2. The Morgan fingerprint density at radius 3 is 2.15 bits per heavy atom. The van der Waals surface area contributed by atoms with E-state index in [1.807, 2.05) is 74.5 Å². The molecule has 1 aliphatic rings. The number of carbonyl (C=O) groups excluding carboxylic acids is 1. The van der Waals surface area contributed by atoms with Gasteiger partial charge in [0.25, 0.3) is 5.91 Å². The first kappa shape index (κ1) is 36.3. The number of carbonyl (C=O) groups is 1. The molecule has 3 aromatic carbocycles. The molecule has 12 heteroatoms. The molecule has 0 saturated carbocycles. The summed E-state index contributed by atoms with van der Waals surface area (Å²) >= 11 is 0. The maximum Gasteiger partial charge on any atom is 0.270 e. The zero-order valence-electron chi connectivity index (χ0n) is 30.1. The number of nitrogens with zero attached hydrogens (tertiary/aromatic N) is 7. The second-order valence-corrected chi connectivity index (χ2v) is 12.8. The van der Waals surface area contributed by atoms with E-state index in [4.69, 9.17) is 16.6 Å². The lowest BCUT2D eigenvalue weighted by atomic mass is 10.1. The van der Waals surface area contributed by atoms with Gasteiger partial charge in [-0.3, -0.25) is 4.79 Å². The minimum atomic E-state index is -0.504. The molecule has 2 atom stereocenters. The Kier molecular flexibility index (Phi) is 11.1. The van der Waals surface area contributed by atoms with Crippen LogP contribution in [0.5, 0.6) is 0 Å². The van der Waals surface area contributed by atoms with E-state index in [0.29, 0.717) is 47.0 Å². The molecule has 8 rings (SSSR count). The van der Waals surface area contributed by atoms with Gasteiger partial charge in [-0.1, -0.05) is 84.9 Å². The van der Waals surface area contributed by atoms with E-state index >= 15 is 0 Å². The molecule has 6 N–H and O–H groups in total. The largest absolute Gasteiger partial charge is 0.389 e. The summed E-state index contributed by atoms with van der Waals surface area (Å²) < 4.78 is 1.79. The maximum atomic E-state index is 12.6. The summed E-state index contributed by atoms with van der Waals surface area (Å²) in [5.41, 5.74) is 20.6. The van der Waals surface area contributed by atoms with Crippen LogP contribution < -0.4 is 16.8 Å². The molecule has 0 fully saturated rings. The highest BCUT2D eigenvalue weighted by Gasteiger charge is 2.25. The summed E-state index contributed by atoms with van der Waals surface area (Å²) in [6, 6.07) is 27.3. The van der Waals surface area contributed by atoms with Gasteiger partial charge in [0.2, 0.25) is 0 Å². The average Bonchev–Trinajstić information content (AvgIpc) is 3.79. The number of nitrogen functional groups attached to an aromatic ring is 2. The fraction of sp³-hybridized carbons (Fsp3) is 0.195. The minimum absolute atomic E-state index is 0.108. The number of aliphatic hydroxyl groups is 1. The number of hydrogen-bond donors (Lipinski definition) is 4. The van der Waals surface area contributed by atoms with Crippen molar-refractivity contribution in [3.63, 3.8) is 0 Å². The Labute approximate surface area is 307 Å². The third-order valence-corrected chi connectivity index (χ3v) is 9.18. The van der Waals surface area contributed by atoms with Crippen molar-refractivity contribution in [2.75, 3.05) is 11.5 Å². The van der Waals surface area contributed by atoms with Crippen LogP contribution in [-0.2, 0) is 6.54 Å². The van der Waals surface area contributed by atoms with E-state index in [9.17, 15) is 9.90 Å². The molecule has 53 heavy (non-hydrogen) atoms. The van der Waals surface area contributed by atoms with Gasteiger partial charge in [-0.2, -0.15) is 5.10 Å². The summed E-state index contributed by atoms with van der Waals surface area (Å²) in [6.45, 7) is 8.42. The second kappa shape index (κ2) is 16.2. The monoisotopic (exact) mass is 706 g/mol. The van der Waals surface area contributed by atoms with Crippen molar-refractivity contribution >= 4 is 39.5 Å². The van der Waals surface area contributed by atoms with Crippen molar-refractivity contribution < 1.29 is 9.90 Å². The number of para-hydroxylation sites is 1. The summed E-state index contributed by atoms with van der Waals surface area (Å²) in [6.07, 6.45) is 6.61. The molecule has 0 spiro atoms. The van der Waals surface area contributed by atoms with Gasteiger partial charge >= 0.3 is 0 Å². The van der Waals surface area contributed by atoms with Crippen molar-refractivity contribution in [3.8, 4) is 11.3 Å². The number of pyridine rings is 1. The van der Waals surface area contributed by atoms with Crippen molar-refractivity contribution in [1.29, 1.82) is 0 Å². The zero-order chi connectivity index (χ0) is 37.5. The number of fused-ring (bicyclic) bond motifs is 2. The number of hydrogen-bond acceptors (Lipinski definition) is 10. The van der Waals surface area contributed by atoms with Crippen LogP contribution in [0.25, 0.3) is 33.2 Å². The van der Waals surface area contributed by atoms with Gasteiger partial charge in [-0.25, -0.2) is 29.6 Å². The van der Waals surface area contributed by atoms with E-state index < -0.39 is 6.10 Å². The van der Waals surface area contributed by atoms with Gasteiger partial charge < -0.3 is 21.9 Å². The normalized spacial score (nSPS) is 14.7. The Morgan fingerprint density at radius 1 is 0.811 bits per heavy atom. The van der Waals surface area contributed by atoms with Gasteiger partial charge in [0.1, 0.15) is 35.7 Å². The van der Waals surface area contributed by atoms with Crippen LogP contribution in [0, 0.1) is 27.7 Å². The highest BCUT2D eigenvalue weighted by molar-refractivity contribution is 5.98. The van der Waals surface area contributed by atoms with Crippen molar-refractivity contribution in [1.82, 2.24) is 40.0 Å². The Morgan fingerprint density at radius 2 is 1.49 bits per heavy atom. The molecule has 268 valence electrons. The number of rotatable bonds is 5. The average molecular weight is 707 g/mol. The minimum Gasteiger partial charge on any atom is -0.389 e. The third-order valence-electron chi connectivity index (χ3n) is 9.18. The molecule has 1 amide bonds. The Hall–Kier alpha value is -6.53. The van der Waals surface area contributed by atoms with Crippen LogP contribution in [0.4, 0.5) is 11.6 Å². The van der Waals surface area contributed by atoms with Crippen LogP contribution >= 0.6 is 0 Å². The molecule has 7 aromatic rings. The SMILES string of the molecule is Cc1ccccc1C.Cc1ncnc(N)c1C.Nc1ncnc2c1c(-c1ccc(CNC(=O)c3ccc4ccccc4n3)cc1)nn2C1C=CC(O)C1. The summed E-state index contributed by atoms with van der Waals surface area (Å²) in [4.78, 5) is 33.4. The lowest BCUT2D eigenvalue weighted by Crippen LogP contribution is -2.23. The van der Waals surface area contributed by atoms with Crippen LogP contribution in [0.2, 0.25) is 0 Å². The van der Waals surface area contributed by atoms with Gasteiger partial charge in [0.05, 0.1) is 23.0 Å². The van der Waals surface area contributed by atoms with Crippen molar-refractivity contribution in [2.45, 2.75) is 52.8 Å². The van der Waals surface area contributed by atoms with Crippen LogP contribution in [0.15, 0.2) is 110 Å². The van der Waals surface area contributed by atoms with E-state index in [1.165, 1.54) is 23.8 Å². The fourth-order valence-electron chi connectivity index (χ4n) is 5.74. The number of benzene rings is 3. The van der Waals surface area contributed by atoms with E-state index in [-0.39, 0.29) is 11.9 Å². The first-order valence-corrected chi connectivity index (χ1v) is 17.2. The molecule has 2 unspecified atom stereocenters. The van der Waals surface area contributed by atoms with Gasteiger partial charge in [0.15, 0.2) is 5.65 Å². The fourth-order valence-corrected chi connectivity index (χ4v) is 5.74. The van der Waals surface area contributed by atoms with Crippen molar-refractivity contribution in [2.24, 2.45) is 0 Å². The highest BCUT2D eigenvalue weighted by atomic mass is 16.3. The quantitative estimate of drug-likeness (QED) is 0.146. The molecule has 4 heterocycles. The smallest absolute Gasteiger partial charge is 0.270 e. The van der Waals surface area contributed by atoms with E-state index in [2.05, 4.69) is 68.3 Å². The molecule has 4 aromatic heterocycles. The molecular formula is C41H42N10O2. The Balaban J connectivity index is 0.000000232. The highest BCUT2D eigenvalue weighted by Crippen LogP contribution is 2.34. The van der Waals surface area contributed by atoms with Gasteiger partial charge in [-0.15, -0.1) is 0 Å². The van der Waals surface area contributed by atoms with Crippen LogP contribution in [-0.4, -0.2) is 51.8 Å². The number of nitrogens with two attached hydrogens (primary N) is 2. The summed E-state index contributed by atoms with van der Waals surface area (Å²) in [5.74, 6) is 0.691. The van der Waals surface area contributed by atoms with E-state index in [0.717, 1.165) is 33.3 Å². The number of aryl methyl sites for hydroxylation is 3. The standard InChI is InChI=1S/C27H23N7O2.C8H10.C6H9N3/c28-25-23-24(33-34(26(23)31-15-30-25)19-10-11-20(35)13-19)18-7-5-16(6-8-18)14-29-27(36)22-12-9-17-3-1-2-4-21(17)32-22;1-7-5-3-4-6-8(7)2;1-4-5(2)8-3-9-6(4)7/h1-12,15,19-20,35H,13-14H2,(H,29,36)(H2,28,30,31);3-6H,1-2H3;3H,1-2H3,(H2,7,8,9). The summed E-state index contributed by atoms with van der Waals surface area (Å²) in [7, 11) is 0. The molecule has 12 nitrogen and oxygen atoms in total. The number of allylic oxidation sites excluding steroid dienone is 1. The van der Waals surface area contributed by atoms with E-state index in [1.54, 1.807) is 16.8 Å². The Bertz CT molecular complexity index is 2360. The lowest BCUT2D eigenvalue weighted by Gasteiger charge is -2.10. The molecule has 0 saturated heterocycles. The number of aliphatic hydroxyl groups excluding tert-OH is 1.